The molecule has 0 fully saturated rings. The number of nitro benzene ring substituents is 1. The Morgan fingerprint density at radius 2 is 2.22 bits per heavy atom. The van der Waals surface area contributed by atoms with Crippen LogP contribution in [0.1, 0.15) is 16.7 Å². The van der Waals surface area contributed by atoms with Gasteiger partial charge in [0.1, 0.15) is 23.9 Å². The van der Waals surface area contributed by atoms with Crippen LogP contribution in [-0.4, -0.2) is 11.7 Å². The maximum atomic E-state index is 13.7. The highest BCUT2D eigenvalue weighted by molar-refractivity contribution is 5.49. The van der Waals surface area contributed by atoms with E-state index >= 15 is 0 Å². The number of ether oxygens (including phenoxy) is 3. The van der Waals surface area contributed by atoms with Crippen LogP contribution >= 0.6 is 0 Å². The Balaban J connectivity index is 1.86. The molecule has 1 aliphatic heterocycles. The van der Waals surface area contributed by atoms with Gasteiger partial charge in [-0.15, -0.1) is 0 Å². The lowest BCUT2D eigenvalue weighted by molar-refractivity contribution is -0.385. The molecule has 1 heterocycles. The van der Waals surface area contributed by atoms with Crippen molar-refractivity contribution in [3.63, 3.8) is 0 Å². The zero-order chi connectivity index (χ0) is 16.4. The third kappa shape index (κ3) is 3.09. The normalized spacial score (nSPS) is 13.1. The van der Waals surface area contributed by atoms with Gasteiger partial charge in [0.2, 0.25) is 0 Å². The van der Waals surface area contributed by atoms with Gasteiger partial charge in [0.05, 0.1) is 17.1 Å². The van der Waals surface area contributed by atoms with E-state index in [-0.39, 0.29) is 25.7 Å². The standard InChI is InChI=1S/C16H14FNO5/c1-10-14(18(19)20)3-2-4-15(10)22-8-12-6-13(17)5-11-7-21-9-23-16(11)12/h2-6H,7-9H2,1H3. The summed E-state index contributed by atoms with van der Waals surface area (Å²) in [7, 11) is 0. The van der Waals surface area contributed by atoms with Crippen molar-refractivity contribution in [2.45, 2.75) is 20.1 Å². The molecule has 0 atom stereocenters. The first-order valence-electron chi connectivity index (χ1n) is 6.95. The van der Waals surface area contributed by atoms with Gasteiger partial charge in [-0.3, -0.25) is 10.1 Å². The van der Waals surface area contributed by atoms with Gasteiger partial charge in [0.15, 0.2) is 6.79 Å². The topological polar surface area (TPSA) is 70.8 Å². The van der Waals surface area contributed by atoms with Crippen LogP contribution in [0.25, 0.3) is 0 Å². The predicted molar refractivity (Wildman–Crippen MR) is 78.8 cm³/mol. The number of rotatable bonds is 4. The van der Waals surface area contributed by atoms with E-state index in [1.54, 1.807) is 19.1 Å². The molecule has 0 aromatic heterocycles. The molecule has 0 radical (unpaired) electrons. The van der Waals surface area contributed by atoms with Gasteiger partial charge in [-0.05, 0) is 25.1 Å². The van der Waals surface area contributed by atoms with E-state index in [9.17, 15) is 14.5 Å². The molecule has 2 aromatic rings. The van der Waals surface area contributed by atoms with Gasteiger partial charge in [0.25, 0.3) is 5.69 Å². The second kappa shape index (κ2) is 6.21. The number of hydrogen-bond acceptors (Lipinski definition) is 5. The van der Waals surface area contributed by atoms with Crippen molar-refractivity contribution in [2.75, 3.05) is 6.79 Å². The van der Waals surface area contributed by atoms with E-state index in [0.29, 0.717) is 28.2 Å². The molecule has 0 spiro atoms. The van der Waals surface area contributed by atoms with Crippen LogP contribution in [0, 0.1) is 22.9 Å². The Morgan fingerprint density at radius 1 is 1.39 bits per heavy atom. The van der Waals surface area contributed by atoms with Crippen LogP contribution in [0.4, 0.5) is 10.1 Å². The first-order chi connectivity index (χ1) is 11.1. The zero-order valence-electron chi connectivity index (χ0n) is 12.4. The summed E-state index contributed by atoms with van der Waals surface area (Å²) in [5.41, 5.74) is 1.56. The van der Waals surface area contributed by atoms with Crippen molar-refractivity contribution in [2.24, 2.45) is 0 Å². The van der Waals surface area contributed by atoms with E-state index < -0.39 is 10.7 Å². The first-order valence-corrected chi connectivity index (χ1v) is 6.95. The Morgan fingerprint density at radius 3 is 3.00 bits per heavy atom. The summed E-state index contributed by atoms with van der Waals surface area (Å²) in [6, 6.07) is 7.28. The maximum Gasteiger partial charge on any atom is 0.276 e. The van der Waals surface area contributed by atoms with Crippen molar-refractivity contribution in [3.05, 3.63) is 63.0 Å². The summed E-state index contributed by atoms with van der Waals surface area (Å²) < 4.78 is 29.9. The predicted octanol–water partition coefficient (Wildman–Crippen LogP) is 3.49. The smallest absolute Gasteiger partial charge is 0.276 e. The summed E-state index contributed by atoms with van der Waals surface area (Å²) in [5, 5.41) is 11.0. The summed E-state index contributed by atoms with van der Waals surface area (Å²) in [5.74, 6) is 0.511. The quantitative estimate of drug-likeness (QED) is 0.637. The number of hydrogen-bond donors (Lipinski definition) is 0. The van der Waals surface area contributed by atoms with Crippen molar-refractivity contribution in [3.8, 4) is 11.5 Å². The lowest BCUT2D eigenvalue weighted by atomic mass is 10.1. The molecule has 0 aliphatic carbocycles. The highest BCUT2D eigenvalue weighted by atomic mass is 19.1. The van der Waals surface area contributed by atoms with Crippen LogP contribution in [0.3, 0.4) is 0 Å². The van der Waals surface area contributed by atoms with Gasteiger partial charge >= 0.3 is 0 Å². The number of fused-ring (bicyclic) bond motifs is 1. The third-order valence-electron chi connectivity index (χ3n) is 3.59. The van der Waals surface area contributed by atoms with Crippen LogP contribution < -0.4 is 9.47 Å². The number of halogens is 1. The summed E-state index contributed by atoms with van der Waals surface area (Å²) in [6.45, 7) is 2.03. The summed E-state index contributed by atoms with van der Waals surface area (Å²) >= 11 is 0. The Bertz CT molecular complexity index is 762. The van der Waals surface area contributed by atoms with E-state index in [4.69, 9.17) is 14.2 Å². The molecular formula is C16H14FNO5. The fourth-order valence-electron chi connectivity index (χ4n) is 2.48. The number of nitrogens with zero attached hydrogens (tertiary/aromatic N) is 1. The second-order valence-corrected chi connectivity index (χ2v) is 5.11. The monoisotopic (exact) mass is 319 g/mol. The van der Waals surface area contributed by atoms with Gasteiger partial charge in [-0.25, -0.2) is 4.39 Å². The van der Waals surface area contributed by atoms with Crippen molar-refractivity contribution in [1.82, 2.24) is 0 Å². The van der Waals surface area contributed by atoms with Crippen molar-refractivity contribution in [1.29, 1.82) is 0 Å². The first kappa shape index (κ1) is 15.2. The average molecular weight is 319 g/mol. The van der Waals surface area contributed by atoms with E-state index in [0.717, 1.165) is 0 Å². The minimum Gasteiger partial charge on any atom is -0.488 e. The molecule has 120 valence electrons. The molecular weight excluding hydrogens is 305 g/mol. The molecule has 0 unspecified atom stereocenters. The maximum absolute atomic E-state index is 13.7. The summed E-state index contributed by atoms with van der Waals surface area (Å²) in [4.78, 5) is 10.5. The molecule has 7 heteroatoms. The Kier molecular flexibility index (Phi) is 4.12. The SMILES string of the molecule is Cc1c(OCc2cc(F)cc3c2OCOC3)cccc1[N+](=O)[O-]. The van der Waals surface area contributed by atoms with Gasteiger partial charge in [-0.2, -0.15) is 0 Å². The van der Waals surface area contributed by atoms with Crippen molar-refractivity contribution >= 4 is 5.69 Å². The second-order valence-electron chi connectivity index (χ2n) is 5.11. The average Bonchev–Trinajstić information content (AvgIpc) is 2.53. The minimum atomic E-state index is -0.466. The largest absolute Gasteiger partial charge is 0.488 e. The molecule has 0 N–H and O–H groups in total. The lowest BCUT2D eigenvalue weighted by Crippen LogP contribution is -2.14. The van der Waals surface area contributed by atoms with Crippen molar-refractivity contribution < 1.29 is 23.5 Å². The number of benzene rings is 2. The van der Waals surface area contributed by atoms with Gasteiger partial charge < -0.3 is 14.2 Å². The molecule has 0 amide bonds. The van der Waals surface area contributed by atoms with E-state index in [1.165, 1.54) is 18.2 Å². The molecule has 0 bridgehead atoms. The van der Waals surface area contributed by atoms with Gasteiger partial charge in [-0.1, -0.05) is 6.07 Å². The van der Waals surface area contributed by atoms with Crippen LogP contribution in [0.15, 0.2) is 30.3 Å². The van der Waals surface area contributed by atoms with E-state index in [1.807, 2.05) is 0 Å². The van der Waals surface area contributed by atoms with Crippen LogP contribution in [0.2, 0.25) is 0 Å². The van der Waals surface area contributed by atoms with Crippen LogP contribution in [-0.2, 0) is 18.0 Å². The minimum absolute atomic E-state index is 0.0200. The molecule has 23 heavy (non-hydrogen) atoms. The van der Waals surface area contributed by atoms with Crippen LogP contribution in [0.5, 0.6) is 11.5 Å². The van der Waals surface area contributed by atoms with Gasteiger partial charge in [0, 0.05) is 17.2 Å². The van der Waals surface area contributed by atoms with E-state index in [2.05, 4.69) is 0 Å². The summed E-state index contributed by atoms with van der Waals surface area (Å²) in [6.07, 6.45) is 0. The zero-order valence-corrected chi connectivity index (χ0v) is 12.4. The highest BCUT2D eigenvalue weighted by Crippen LogP contribution is 2.32. The fraction of sp³-hybridized carbons (Fsp3) is 0.250. The molecule has 6 nitrogen and oxygen atoms in total. The highest BCUT2D eigenvalue weighted by Gasteiger charge is 2.19. The molecule has 3 rings (SSSR count). The molecule has 1 aliphatic rings. The third-order valence-corrected chi connectivity index (χ3v) is 3.59. The molecule has 2 aromatic carbocycles. The Labute approximate surface area is 131 Å². The molecule has 0 saturated carbocycles. The Hall–Kier alpha value is -2.67. The molecule has 0 saturated heterocycles. The lowest BCUT2D eigenvalue weighted by Gasteiger charge is -2.21. The number of nitro groups is 1. The fourth-order valence-corrected chi connectivity index (χ4v) is 2.48.